The molecule has 1 aromatic rings. The molecule has 0 radical (unpaired) electrons. The van der Waals surface area contributed by atoms with Crippen LogP contribution in [0.15, 0.2) is 18.2 Å². The SMILES string of the molecule is CNCCC(=O)N1CCOC(c2ccc(Cl)c(Cl)c2)C1. The predicted molar refractivity (Wildman–Crippen MR) is 80.3 cm³/mol. The highest BCUT2D eigenvalue weighted by Gasteiger charge is 2.25. The first-order valence-electron chi connectivity index (χ1n) is 6.60. The standard InChI is InChI=1S/C14H18Cl2N2O2/c1-17-5-4-14(19)18-6-7-20-13(9-18)10-2-3-11(15)12(16)8-10/h2-3,8,13,17H,4-7,9H2,1H3. The Labute approximate surface area is 129 Å². The number of ether oxygens (including phenoxy) is 1. The zero-order chi connectivity index (χ0) is 14.5. The average molecular weight is 317 g/mol. The van der Waals surface area contributed by atoms with Gasteiger partial charge in [-0.2, -0.15) is 0 Å². The van der Waals surface area contributed by atoms with Gasteiger partial charge in [-0.15, -0.1) is 0 Å². The van der Waals surface area contributed by atoms with Crippen LogP contribution in [0.5, 0.6) is 0 Å². The van der Waals surface area contributed by atoms with E-state index < -0.39 is 0 Å². The third kappa shape index (κ3) is 3.85. The maximum atomic E-state index is 12.0. The van der Waals surface area contributed by atoms with Gasteiger partial charge in [-0.1, -0.05) is 29.3 Å². The maximum absolute atomic E-state index is 12.0. The van der Waals surface area contributed by atoms with Crippen molar-refractivity contribution in [3.8, 4) is 0 Å². The van der Waals surface area contributed by atoms with Gasteiger partial charge >= 0.3 is 0 Å². The van der Waals surface area contributed by atoms with Gasteiger partial charge in [-0.3, -0.25) is 4.79 Å². The number of hydrogen-bond donors (Lipinski definition) is 1. The second kappa shape index (κ2) is 7.27. The second-order valence-electron chi connectivity index (χ2n) is 4.73. The number of benzene rings is 1. The summed E-state index contributed by atoms with van der Waals surface area (Å²) in [6.45, 7) is 2.42. The van der Waals surface area contributed by atoms with Crippen LogP contribution in [0.3, 0.4) is 0 Å². The summed E-state index contributed by atoms with van der Waals surface area (Å²) in [5.41, 5.74) is 0.950. The Balaban J connectivity index is 2.02. The molecule has 2 rings (SSSR count). The lowest BCUT2D eigenvalue weighted by Gasteiger charge is -2.33. The molecule has 1 aromatic carbocycles. The van der Waals surface area contributed by atoms with Gasteiger partial charge in [-0.25, -0.2) is 0 Å². The highest BCUT2D eigenvalue weighted by atomic mass is 35.5. The van der Waals surface area contributed by atoms with Crippen molar-refractivity contribution in [1.29, 1.82) is 0 Å². The van der Waals surface area contributed by atoms with Crippen molar-refractivity contribution in [3.05, 3.63) is 33.8 Å². The summed E-state index contributed by atoms with van der Waals surface area (Å²) in [4.78, 5) is 13.9. The monoisotopic (exact) mass is 316 g/mol. The van der Waals surface area contributed by atoms with E-state index in [0.29, 0.717) is 42.7 Å². The number of carbonyl (C=O) groups excluding carboxylic acids is 1. The summed E-state index contributed by atoms with van der Waals surface area (Å²) >= 11 is 11.9. The highest BCUT2D eigenvalue weighted by Crippen LogP contribution is 2.29. The van der Waals surface area contributed by atoms with Gasteiger partial charge in [0.05, 0.1) is 23.2 Å². The Bertz CT molecular complexity index is 482. The first-order valence-corrected chi connectivity index (χ1v) is 7.36. The zero-order valence-corrected chi connectivity index (χ0v) is 12.9. The van der Waals surface area contributed by atoms with E-state index in [0.717, 1.165) is 5.56 Å². The molecule has 0 spiro atoms. The van der Waals surface area contributed by atoms with Crippen LogP contribution in [0.1, 0.15) is 18.1 Å². The maximum Gasteiger partial charge on any atom is 0.224 e. The number of carbonyl (C=O) groups is 1. The topological polar surface area (TPSA) is 41.6 Å². The van der Waals surface area contributed by atoms with E-state index in [9.17, 15) is 4.79 Å². The number of nitrogens with one attached hydrogen (secondary N) is 1. The molecule has 1 saturated heterocycles. The normalized spacial score (nSPS) is 19.1. The van der Waals surface area contributed by atoms with E-state index in [-0.39, 0.29) is 12.0 Å². The average Bonchev–Trinajstić information content (AvgIpc) is 2.47. The second-order valence-corrected chi connectivity index (χ2v) is 5.54. The molecule has 1 unspecified atom stereocenters. The Hall–Kier alpha value is -0.810. The van der Waals surface area contributed by atoms with Gasteiger partial charge in [0, 0.05) is 19.5 Å². The minimum atomic E-state index is -0.142. The van der Waals surface area contributed by atoms with Gasteiger partial charge < -0.3 is 15.0 Å². The Morgan fingerprint density at radius 3 is 2.95 bits per heavy atom. The molecule has 6 heteroatoms. The minimum absolute atomic E-state index is 0.142. The lowest BCUT2D eigenvalue weighted by atomic mass is 10.1. The molecule has 1 N–H and O–H groups in total. The van der Waals surface area contributed by atoms with E-state index in [2.05, 4.69) is 5.32 Å². The van der Waals surface area contributed by atoms with Crippen LogP contribution in [-0.4, -0.2) is 44.1 Å². The van der Waals surface area contributed by atoms with E-state index >= 15 is 0 Å². The summed E-state index contributed by atoms with van der Waals surface area (Å²) in [6.07, 6.45) is 0.363. The van der Waals surface area contributed by atoms with Crippen LogP contribution in [-0.2, 0) is 9.53 Å². The largest absolute Gasteiger partial charge is 0.370 e. The van der Waals surface area contributed by atoms with Crippen molar-refractivity contribution in [1.82, 2.24) is 10.2 Å². The smallest absolute Gasteiger partial charge is 0.224 e. The Kier molecular flexibility index (Phi) is 5.66. The summed E-state index contributed by atoms with van der Waals surface area (Å²) in [6, 6.07) is 5.45. The van der Waals surface area contributed by atoms with Crippen LogP contribution in [0, 0.1) is 0 Å². The van der Waals surface area contributed by atoms with Gasteiger partial charge in [0.2, 0.25) is 5.91 Å². The number of morpholine rings is 1. The molecule has 20 heavy (non-hydrogen) atoms. The summed E-state index contributed by atoms with van der Waals surface area (Å²) in [5, 5.41) is 4.01. The van der Waals surface area contributed by atoms with E-state index in [1.807, 2.05) is 18.0 Å². The molecule has 1 aliphatic rings. The molecule has 110 valence electrons. The molecule has 1 atom stereocenters. The third-order valence-electron chi connectivity index (χ3n) is 3.32. The molecule has 0 saturated carbocycles. The number of rotatable bonds is 4. The van der Waals surface area contributed by atoms with E-state index in [1.165, 1.54) is 0 Å². The number of hydrogen-bond acceptors (Lipinski definition) is 3. The van der Waals surface area contributed by atoms with Crippen molar-refractivity contribution in [2.45, 2.75) is 12.5 Å². The van der Waals surface area contributed by atoms with Gasteiger partial charge in [-0.05, 0) is 24.7 Å². The number of amides is 1. The summed E-state index contributed by atoms with van der Waals surface area (Å²) in [7, 11) is 1.84. The predicted octanol–water partition coefficient (Wildman–Crippen LogP) is 2.50. The van der Waals surface area contributed by atoms with Crippen molar-refractivity contribution in [2.24, 2.45) is 0 Å². The van der Waals surface area contributed by atoms with Crippen LogP contribution in [0.4, 0.5) is 0 Å². The summed E-state index contributed by atoms with van der Waals surface area (Å²) in [5.74, 6) is 0.146. The molecular weight excluding hydrogens is 299 g/mol. The van der Waals surface area contributed by atoms with Crippen LogP contribution >= 0.6 is 23.2 Å². The fourth-order valence-electron chi connectivity index (χ4n) is 2.18. The lowest BCUT2D eigenvalue weighted by molar-refractivity contribution is -0.138. The van der Waals surface area contributed by atoms with E-state index in [4.69, 9.17) is 27.9 Å². The van der Waals surface area contributed by atoms with Gasteiger partial charge in [0.15, 0.2) is 0 Å². The van der Waals surface area contributed by atoms with Gasteiger partial charge in [0.1, 0.15) is 6.10 Å². The molecule has 4 nitrogen and oxygen atoms in total. The quantitative estimate of drug-likeness (QED) is 0.928. The molecule has 0 aliphatic carbocycles. The number of halogens is 2. The molecule has 0 bridgehead atoms. The van der Waals surface area contributed by atoms with Crippen molar-refractivity contribution < 1.29 is 9.53 Å². The van der Waals surface area contributed by atoms with Crippen LogP contribution < -0.4 is 5.32 Å². The Morgan fingerprint density at radius 2 is 2.25 bits per heavy atom. The molecule has 0 aromatic heterocycles. The fourth-order valence-corrected chi connectivity index (χ4v) is 2.49. The van der Waals surface area contributed by atoms with Crippen molar-refractivity contribution in [3.63, 3.8) is 0 Å². The minimum Gasteiger partial charge on any atom is -0.370 e. The van der Waals surface area contributed by atoms with Crippen molar-refractivity contribution >= 4 is 29.1 Å². The molecule has 1 aliphatic heterocycles. The lowest BCUT2D eigenvalue weighted by Crippen LogP contribution is -2.42. The fraction of sp³-hybridized carbons (Fsp3) is 0.500. The summed E-state index contributed by atoms with van der Waals surface area (Å²) < 4.78 is 5.73. The number of nitrogens with zero attached hydrogens (tertiary/aromatic N) is 1. The van der Waals surface area contributed by atoms with Crippen molar-refractivity contribution in [2.75, 3.05) is 33.3 Å². The molecular formula is C14H18Cl2N2O2. The Morgan fingerprint density at radius 1 is 1.45 bits per heavy atom. The highest BCUT2D eigenvalue weighted by molar-refractivity contribution is 6.42. The van der Waals surface area contributed by atoms with Crippen LogP contribution in [0.2, 0.25) is 10.0 Å². The first kappa shape index (κ1) is 15.6. The molecule has 1 amide bonds. The third-order valence-corrected chi connectivity index (χ3v) is 4.06. The van der Waals surface area contributed by atoms with E-state index in [1.54, 1.807) is 12.1 Å². The first-order chi connectivity index (χ1) is 9.61. The van der Waals surface area contributed by atoms with Gasteiger partial charge in [0.25, 0.3) is 0 Å². The van der Waals surface area contributed by atoms with Crippen LogP contribution in [0.25, 0.3) is 0 Å². The molecule has 1 heterocycles. The zero-order valence-electron chi connectivity index (χ0n) is 11.4. The molecule has 1 fully saturated rings.